The predicted molar refractivity (Wildman–Crippen MR) is 74.2 cm³/mol. The molecule has 3 heterocycles. The number of nitrogens with one attached hydrogen (secondary N) is 1. The quantitative estimate of drug-likeness (QED) is 0.837. The monoisotopic (exact) mass is 245 g/mol. The average molecular weight is 245 g/mol. The Balaban J connectivity index is 1.69. The van der Waals surface area contributed by atoms with Gasteiger partial charge < -0.3 is 16.0 Å². The van der Waals surface area contributed by atoms with Crippen LogP contribution in [-0.2, 0) is 6.54 Å². The summed E-state index contributed by atoms with van der Waals surface area (Å²) in [6.07, 6.45) is 2.61. The van der Waals surface area contributed by atoms with Crippen molar-refractivity contribution >= 4 is 0 Å². The van der Waals surface area contributed by atoms with Gasteiger partial charge in [-0.25, -0.2) is 0 Å². The van der Waals surface area contributed by atoms with Gasteiger partial charge in [0.1, 0.15) is 0 Å². The van der Waals surface area contributed by atoms with Crippen molar-refractivity contribution in [3.05, 3.63) is 35.9 Å². The van der Waals surface area contributed by atoms with E-state index in [1.54, 1.807) is 0 Å². The highest BCUT2D eigenvalue weighted by Gasteiger charge is 2.45. The smallest absolute Gasteiger partial charge is 0.0464 e. The molecule has 0 spiro atoms. The fourth-order valence-electron chi connectivity index (χ4n) is 3.55. The van der Waals surface area contributed by atoms with Crippen molar-refractivity contribution in [1.29, 1.82) is 0 Å². The summed E-state index contributed by atoms with van der Waals surface area (Å²) in [6, 6.07) is 10.6. The lowest BCUT2D eigenvalue weighted by Gasteiger charge is -2.53. The van der Waals surface area contributed by atoms with Gasteiger partial charge in [-0.15, -0.1) is 0 Å². The van der Waals surface area contributed by atoms with Crippen molar-refractivity contribution in [1.82, 2.24) is 10.2 Å². The molecule has 18 heavy (non-hydrogen) atoms. The van der Waals surface area contributed by atoms with Crippen LogP contribution in [0.15, 0.2) is 30.3 Å². The summed E-state index contributed by atoms with van der Waals surface area (Å²) in [5, 5.41) is 3.77. The van der Waals surface area contributed by atoms with Crippen LogP contribution in [0.5, 0.6) is 0 Å². The Morgan fingerprint density at radius 1 is 1.22 bits per heavy atom. The van der Waals surface area contributed by atoms with E-state index in [2.05, 4.69) is 40.5 Å². The number of nitrogens with zero attached hydrogens (tertiary/aromatic N) is 1. The normalized spacial score (nSPS) is 34.7. The molecule has 1 aromatic rings. The van der Waals surface area contributed by atoms with E-state index < -0.39 is 0 Å². The minimum Gasteiger partial charge on any atom is -0.329 e. The van der Waals surface area contributed by atoms with Gasteiger partial charge in [0.05, 0.1) is 0 Å². The fraction of sp³-hybridized carbons (Fsp3) is 0.600. The molecule has 1 atom stereocenters. The lowest BCUT2D eigenvalue weighted by atomic mass is 9.72. The summed E-state index contributed by atoms with van der Waals surface area (Å²) in [6.45, 7) is 5.34. The lowest BCUT2D eigenvalue weighted by Crippen LogP contribution is -2.68. The Hall–Kier alpha value is -0.900. The molecule has 1 aromatic carbocycles. The molecule has 0 amide bonds. The molecule has 3 aliphatic heterocycles. The van der Waals surface area contributed by atoms with Crippen molar-refractivity contribution in [2.24, 2.45) is 11.7 Å². The molecule has 0 aliphatic carbocycles. The van der Waals surface area contributed by atoms with Crippen molar-refractivity contribution < 1.29 is 0 Å². The number of fused-ring (bicyclic) bond motifs is 3. The van der Waals surface area contributed by atoms with Crippen LogP contribution in [0, 0.1) is 5.92 Å². The molecule has 3 heteroatoms. The summed E-state index contributed by atoms with van der Waals surface area (Å²) in [4.78, 5) is 2.56. The summed E-state index contributed by atoms with van der Waals surface area (Å²) in [5.41, 5.74) is 7.59. The predicted octanol–water partition coefficient (Wildman–Crippen LogP) is 1.20. The molecule has 4 rings (SSSR count). The van der Waals surface area contributed by atoms with Gasteiger partial charge in [-0.05, 0) is 37.4 Å². The van der Waals surface area contributed by atoms with Gasteiger partial charge in [-0.3, -0.25) is 0 Å². The molecule has 3 fully saturated rings. The molecule has 2 bridgehead atoms. The van der Waals surface area contributed by atoms with E-state index in [-0.39, 0.29) is 5.54 Å². The minimum absolute atomic E-state index is 0.145. The van der Waals surface area contributed by atoms with Gasteiger partial charge in [0.2, 0.25) is 0 Å². The molecule has 3 aliphatic rings. The van der Waals surface area contributed by atoms with Gasteiger partial charge in [-0.2, -0.15) is 0 Å². The Kier molecular flexibility index (Phi) is 3.37. The second-order valence-electron chi connectivity index (χ2n) is 5.75. The van der Waals surface area contributed by atoms with Crippen molar-refractivity contribution in [3.63, 3.8) is 0 Å². The molecule has 98 valence electrons. The second kappa shape index (κ2) is 5.00. The van der Waals surface area contributed by atoms with Gasteiger partial charge in [0.25, 0.3) is 0 Å². The topological polar surface area (TPSA) is 41.3 Å². The SMILES string of the molecule is NCC1(NCc2ccccc2)CN2CCC1CC2. The van der Waals surface area contributed by atoms with Gasteiger partial charge in [0.15, 0.2) is 0 Å². The van der Waals surface area contributed by atoms with Crippen molar-refractivity contribution in [2.75, 3.05) is 26.2 Å². The maximum Gasteiger partial charge on any atom is 0.0464 e. The standard InChI is InChI=1S/C15H23N3/c16-11-15(12-18-8-6-14(15)7-9-18)17-10-13-4-2-1-3-5-13/h1-5,14,17H,6-12,16H2. The highest BCUT2D eigenvalue weighted by Crippen LogP contribution is 2.35. The first-order chi connectivity index (χ1) is 8.82. The first-order valence-electron chi connectivity index (χ1n) is 7.04. The number of benzene rings is 1. The average Bonchev–Trinajstić information content (AvgIpc) is 2.47. The van der Waals surface area contributed by atoms with Crippen LogP contribution >= 0.6 is 0 Å². The van der Waals surface area contributed by atoms with E-state index in [1.165, 1.54) is 31.5 Å². The molecule has 0 saturated carbocycles. The summed E-state index contributed by atoms with van der Waals surface area (Å²) in [5.74, 6) is 0.760. The largest absolute Gasteiger partial charge is 0.329 e. The molecular weight excluding hydrogens is 222 g/mol. The van der Waals surface area contributed by atoms with Crippen LogP contribution < -0.4 is 11.1 Å². The third kappa shape index (κ3) is 2.18. The first-order valence-corrected chi connectivity index (χ1v) is 7.04. The summed E-state index contributed by atoms with van der Waals surface area (Å²) in [7, 11) is 0. The van der Waals surface area contributed by atoms with E-state index in [1.807, 2.05) is 0 Å². The van der Waals surface area contributed by atoms with Crippen LogP contribution in [0.4, 0.5) is 0 Å². The summed E-state index contributed by atoms with van der Waals surface area (Å²) >= 11 is 0. The van der Waals surface area contributed by atoms with E-state index >= 15 is 0 Å². The molecule has 3 nitrogen and oxygen atoms in total. The maximum absolute atomic E-state index is 6.10. The van der Waals surface area contributed by atoms with Crippen molar-refractivity contribution in [2.45, 2.75) is 24.9 Å². The second-order valence-corrected chi connectivity index (χ2v) is 5.75. The number of rotatable bonds is 4. The Morgan fingerprint density at radius 3 is 2.50 bits per heavy atom. The zero-order valence-corrected chi connectivity index (χ0v) is 10.9. The molecule has 0 aromatic heterocycles. The first kappa shape index (κ1) is 12.2. The van der Waals surface area contributed by atoms with Crippen LogP contribution in [0.1, 0.15) is 18.4 Å². The minimum atomic E-state index is 0.145. The Morgan fingerprint density at radius 2 is 1.94 bits per heavy atom. The Bertz CT molecular complexity index is 384. The highest BCUT2D eigenvalue weighted by atomic mass is 15.2. The molecule has 0 radical (unpaired) electrons. The van der Waals surface area contributed by atoms with Crippen molar-refractivity contribution in [3.8, 4) is 0 Å². The van der Waals surface area contributed by atoms with E-state index in [0.717, 1.165) is 25.6 Å². The zero-order valence-electron chi connectivity index (χ0n) is 10.9. The van der Waals surface area contributed by atoms with E-state index in [9.17, 15) is 0 Å². The zero-order chi connectivity index (χ0) is 12.4. The molecular formula is C15H23N3. The maximum atomic E-state index is 6.10. The lowest BCUT2D eigenvalue weighted by molar-refractivity contribution is 0.00994. The van der Waals surface area contributed by atoms with E-state index in [4.69, 9.17) is 5.73 Å². The summed E-state index contributed by atoms with van der Waals surface area (Å²) < 4.78 is 0. The van der Waals surface area contributed by atoms with Gasteiger partial charge >= 0.3 is 0 Å². The molecule has 3 saturated heterocycles. The van der Waals surface area contributed by atoms with Gasteiger partial charge in [0, 0.05) is 25.2 Å². The number of nitrogens with two attached hydrogens (primary N) is 1. The van der Waals surface area contributed by atoms with Crippen LogP contribution in [0.2, 0.25) is 0 Å². The third-order valence-electron chi connectivity index (χ3n) is 4.73. The van der Waals surface area contributed by atoms with E-state index in [0.29, 0.717) is 0 Å². The number of hydrogen-bond donors (Lipinski definition) is 2. The fourth-order valence-corrected chi connectivity index (χ4v) is 3.55. The highest BCUT2D eigenvalue weighted by molar-refractivity contribution is 5.15. The van der Waals surface area contributed by atoms with Crippen LogP contribution in [0.3, 0.4) is 0 Å². The number of hydrogen-bond acceptors (Lipinski definition) is 3. The number of piperidine rings is 3. The molecule has 3 N–H and O–H groups in total. The van der Waals surface area contributed by atoms with Gasteiger partial charge in [-0.1, -0.05) is 30.3 Å². The van der Waals surface area contributed by atoms with Crippen LogP contribution in [-0.4, -0.2) is 36.6 Å². The van der Waals surface area contributed by atoms with Crippen LogP contribution in [0.25, 0.3) is 0 Å². The Labute approximate surface area is 109 Å². The third-order valence-corrected chi connectivity index (χ3v) is 4.73. The molecule has 1 unspecified atom stereocenters.